The van der Waals surface area contributed by atoms with Crippen LogP contribution >= 0.6 is 47.0 Å². The Balaban J connectivity index is -0.00000105. The zero-order valence-electron chi connectivity index (χ0n) is 67.0. The molecule has 0 radical (unpaired) electrons. The van der Waals surface area contributed by atoms with E-state index in [9.17, 15) is 20.1 Å². The molecule has 7 rings (SSSR count). The average molecular weight is 1360 g/mol. The number of ketones is 1. The largest absolute Gasteiger partial charge is 0.393 e. The van der Waals surface area contributed by atoms with Crippen LogP contribution in [-0.4, -0.2) is 46.2 Å². The maximum atomic E-state index is 11.4. The normalized spacial score (nSPS) is 17.3. The van der Waals surface area contributed by atoms with Crippen molar-refractivity contribution >= 4 is 52.8 Å². The van der Waals surface area contributed by atoms with E-state index in [0.29, 0.717) is 26.9 Å². The fourth-order valence-corrected chi connectivity index (χ4v) is 17.3. The van der Waals surface area contributed by atoms with Gasteiger partial charge in [-0.05, 0) is 199 Å². The second-order valence-corrected chi connectivity index (χ2v) is 35.6. The highest BCUT2D eigenvalue weighted by Crippen LogP contribution is 2.59. The summed E-state index contributed by atoms with van der Waals surface area (Å²) in [6.45, 7) is 82.0. The summed E-state index contributed by atoms with van der Waals surface area (Å²) in [5.74, 6) is 3.43. The lowest BCUT2D eigenvalue weighted by Gasteiger charge is -2.57. The quantitative estimate of drug-likeness (QED) is 0.0795. The second kappa shape index (κ2) is 42.8. The molecular formula is C85H144O4S4. The summed E-state index contributed by atoms with van der Waals surface area (Å²) in [7, 11) is 0. The standard InChI is InChI=1S/C18H28O2.C15H24S.C14H22OS.C14H20OS.C14H20S.5C2H6/c1-11-13(15(19)20)9-8-12-10-16(2,3)18(6,7)17(4,5)14(11)12;1-11(2)13(4)15(5,6)16-14-9-7-8-12(3)10-14;2*1-10-7-6-8-13(9-10)16-14(4,5)11(2)12(3)15;1-9-7-6-8-12-13(9)10(2)11(3)14(4,5)15-12;5*1-2/h8-9,15,19-20H,10H2,1-7H3;7-11,13H,1-6H3;6-9,11-12,15H,1-5H3;6-9,11H,1-5H3;6-8,10-11H,1-5H3;5*1-2H3. The van der Waals surface area contributed by atoms with Crippen LogP contribution in [0.5, 0.6) is 0 Å². The van der Waals surface area contributed by atoms with E-state index in [1.165, 1.54) is 53.0 Å². The molecule has 4 nitrogen and oxygen atoms in total. The van der Waals surface area contributed by atoms with Crippen molar-refractivity contribution in [3.63, 3.8) is 0 Å². The van der Waals surface area contributed by atoms with Gasteiger partial charge in [-0.15, -0.1) is 47.0 Å². The molecule has 8 heteroatoms. The summed E-state index contributed by atoms with van der Waals surface area (Å²) in [6.07, 6.45) is -0.636. The number of rotatable bonds is 13. The first kappa shape index (κ1) is 94.2. The number of hydrogen-bond donors (Lipinski definition) is 3. The summed E-state index contributed by atoms with van der Waals surface area (Å²) in [5.41, 5.74) is 11.5. The first-order chi connectivity index (χ1) is 42.8. The molecule has 5 aromatic carbocycles. The van der Waals surface area contributed by atoms with Crippen molar-refractivity contribution in [3.8, 4) is 0 Å². The van der Waals surface area contributed by atoms with E-state index in [1.807, 2.05) is 131 Å². The minimum Gasteiger partial charge on any atom is -0.393 e. The third-order valence-electron chi connectivity index (χ3n) is 20.0. The number of Topliss-reactive ketones (excluding diaryl/α,β-unsaturated/α-hetero) is 1. The van der Waals surface area contributed by atoms with Gasteiger partial charge < -0.3 is 15.3 Å². The van der Waals surface area contributed by atoms with Crippen LogP contribution in [0.4, 0.5) is 0 Å². The minimum absolute atomic E-state index is 0.0148. The predicted octanol–water partition coefficient (Wildman–Crippen LogP) is 26.7. The zero-order valence-corrected chi connectivity index (χ0v) is 70.3. The van der Waals surface area contributed by atoms with Crippen molar-refractivity contribution in [2.45, 2.75) is 332 Å². The fraction of sp³-hybridized carbons (Fsp3) is 0.635. The van der Waals surface area contributed by atoms with E-state index in [-0.39, 0.29) is 49.5 Å². The van der Waals surface area contributed by atoms with E-state index in [1.54, 1.807) is 24.2 Å². The Bertz CT molecular complexity index is 2820. The topological polar surface area (TPSA) is 77.8 Å². The van der Waals surface area contributed by atoms with Gasteiger partial charge in [0, 0.05) is 50.1 Å². The van der Waals surface area contributed by atoms with Gasteiger partial charge in [-0.25, -0.2) is 0 Å². The molecule has 532 valence electrons. The first-order valence-corrected chi connectivity index (χ1v) is 38.8. The van der Waals surface area contributed by atoms with Crippen LogP contribution in [0.1, 0.15) is 291 Å². The van der Waals surface area contributed by atoms with E-state index in [0.717, 1.165) is 23.8 Å². The third-order valence-corrected chi connectivity index (χ3v) is 25.6. The number of aliphatic hydroxyl groups excluding tert-OH is 2. The molecule has 3 N–H and O–H groups in total. The van der Waals surface area contributed by atoms with Gasteiger partial charge in [0.25, 0.3) is 0 Å². The highest BCUT2D eigenvalue weighted by molar-refractivity contribution is 8.01. The molecule has 5 aromatic rings. The van der Waals surface area contributed by atoms with Gasteiger partial charge in [-0.2, -0.15) is 0 Å². The fourth-order valence-electron chi connectivity index (χ4n) is 11.6. The number of hydrogen-bond acceptors (Lipinski definition) is 8. The number of aryl methyl sites for hydroxylation is 4. The summed E-state index contributed by atoms with van der Waals surface area (Å²) in [6, 6.07) is 36.4. The summed E-state index contributed by atoms with van der Waals surface area (Å²) >= 11 is 7.65. The van der Waals surface area contributed by atoms with Crippen LogP contribution in [0.15, 0.2) is 123 Å². The van der Waals surface area contributed by atoms with Crippen LogP contribution in [-0.2, 0) is 16.6 Å². The van der Waals surface area contributed by atoms with Gasteiger partial charge in [-0.1, -0.05) is 264 Å². The Hall–Kier alpha value is -2.95. The Morgan fingerprint density at radius 3 is 1.27 bits per heavy atom. The Kier molecular flexibility index (Phi) is 43.3. The van der Waals surface area contributed by atoms with Gasteiger partial charge in [0.2, 0.25) is 0 Å². The van der Waals surface area contributed by atoms with Crippen molar-refractivity contribution < 1.29 is 20.1 Å². The lowest BCUT2D eigenvalue weighted by atomic mass is 9.47. The van der Waals surface area contributed by atoms with Gasteiger partial charge >= 0.3 is 0 Å². The van der Waals surface area contributed by atoms with Gasteiger partial charge in [0.05, 0.1) is 6.10 Å². The molecule has 6 atom stereocenters. The van der Waals surface area contributed by atoms with E-state index < -0.39 is 6.29 Å². The summed E-state index contributed by atoms with van der Waals surface area (Å²) in [5, 5.41) is 28.8. The molecule has 0 spiro atoms. The number of thioether (sulfide) groups is 4. The number of aliphatic hydroxyl groups is 3. The first-order valence-electron chi connectivity index (χ1n) is 35.6. The number of benzene rings is 5. The summed E-state index contributed by atoms with van der Waals surface area (Å²) < 4.78 is 0.643. The predicted molar refractivity (Wildman–Crippen MR) is 426 cm³/mol. The van der Waals surface area contributed by atoms with Crippen LogP contribution in [0.3, 0.4) is 0 Å². The monoisotopic (exact) mass is 1360 g/mol. The minimum atomic E-state index is -1.39. The molecule has 0 saturated carbocycles. The van der Waals surface area contributed by atoms with Crippen LogP contribution in [0, 0.1) is 75.0 Å². The highest BCUT2D eigenvalue weighted by atomic mass is 32.2. The van der Waals surface area contributed by atoms with Crippen molar-refractivity contribution in [2.75, 3.05) is 0 Å². The highest BCUT2D eigenvalue weighted by Gasteiger charge is 2.53. The molecule has 1 aliphatic heterocycles. The average Bonchev–Trinajstić information content (AvgIpc) is 0.714. The van der Waals surface area contributed by atoms with Crippen LogP contribution in [0.2, 0.25) is 0 Å². The smallest absolute Gasteiger partial charge is 0.178 e. The van der Waals surface area contributed by atoms with Crippen LogP contribution in [0.25, 0.3) is 0 Å². The molecule has 6 unspecified atom stereocenters. The van der Waals surface area contributed by atoms with E-state index in [4.69, 9.17) is 0 Å². The lowest BCUT2D eigenvalue weighted by molar-refractivity contribution is -0.120. The maximum Gasteiger partial charge on any atom is 0.178 e. The SMILES string of the molecule is CC.CC.CC.CC.CC.CC(=O)C(C)C(C)(C)Sc1cccc(C)c1.Cc1c(C(O)O)ccc2c1C(C)(C)C(C)(C)C(C)(C)C2.Cc1cccc(SC(C)(C)C(C)C(C)C)c1.Cc1cccc(SC(C)(C)C(C)C(C)O)c1.Cc1cccc2c1C(C)C(C)C(C)(C)S2. The van der Waals surface area contributed by atoms with Gasteiger partial charge in [0.15, 0.2) is 6.29 Å². The molecular weight excluding hydrogens is 1210 g/mol. The van der Waals surface area contributed by atoms with E-state index >= 15 is 0 Å². The second-order valence-electron chi connectivity index (χ2n) is 28.7. The molecule has 0 saturated heterocycles. The van der Waals surface area contributed by atoms with E-state index in [2.05, 4.69) is 263 Å². The van der Waals surface area contributed by atoms with Crippen molar-refractivity contribution in [1.29, 1.82) is 0 Å². The number of carbonyl (C=O) groups is 1. The number of carbonyl (C=O) groups excluding carboxylic acids is 1. The molecule has 0 amide bonds. The van der Waals surface area contributed by atoms with Crippen molar-refractivity contribution in [2.24, 2.45) is 40.4 Å². The van der Waals surface area contributed by atoms with Gasteiger partial charge in [0.1, 0.15) is 5.78 Å². The number of fused-ring (bicyclic) bond motifs is 2. The summed E-state index contributed by atoms with van der Waals surface area (Å²) in [4.78, 5) is 16.8. The Morgan fingerprint density at radius 2 is 0.914 bits per heavy atom. The van der Waals surface area contributed by atoms with Crippen LogP contribution < -0.4 is 0 Å². The van der Waals surface area contributed by atoms with Crippen molar-refractivity contribution in [1.82, 2.24) is 0 Å². The Morgan fingerprint density at radius 1 is 0.538 bits per heavy atom. The molecule has 0 aromatic heterocycles. The third kappa shape index (κ3) is 28.1. The maximum absolute atomic E-state index is 11.4. The molecule has 93 heavy (non-hydrogen) atoms. The molecule has 0 fully saturated rings. The molecule has 0 bridgehead atoms. The van der Waals surface area contributed by atoms with Gasteiger partial charge in [-0.3, -0.25) is 4.79 Å². The molecule has 1 heterocycles. The van der Waals surface area contributed by atoms with Crippen molar-refractivity contribution in [3.05, 3.63) is 153 Å². The Labute approximate surface area is 594 Å². The zero-order chi connectivity index (χ0) is 73.8. The molecule has 2 aliphatic rings. The lowest BCUT2D eigenvalue weighted by Crippen LogP contribution is -2.52. The molecule has 1 aliphatic carbocycles.